The van der Waals surface area contributed by atoms with Crippen LogP contribution in [0, 0.1) is 0 Å². The van der Waals surface area contributed by atoms with Crippen molar-refractivity contribution in [2.75, 3.05) is 6.61 Å². The van der Waals surface area contributed by atoms with Crippen LogP contribution in [0.1, 0.15) is 39.5 Å². The first-order valence-electron chi connectivity index (χ1n) is 6.78. The highest BCUT2D eigenvalue weighted by molar-refractivity contribution is 5.98. The number of Topliss-reactive ketones (excluding diaryl/α,β-unsaturated/α-hetero) is 1. The van der Waals surface area contributed by atoms with Gasteiger partial charge >= 0.3 is 11.9 Å². The number of ketones is 1. The van der Waals surface area contributed by atoms with E-state index in [0.717, 1.165) is 0 Å². The molecule has 0 spiro atoms. The van der Waals surface area contributed by atoms with E-state index in [1.807, 2.05) is 6.08 Å². The second-order valence-corrected chi connectivity index (χ2v) is 4.45. The Labute approximate surface area is 118 Å². The number of hydrogen-bond acceptors (Lipinski definition) is 5. The maximum atomic E-state index is 11.7. The van der Waals surface area contributed by atoms with Gasteiger partial charge in [-0.15, -0.1) is 0 Å². The van der Waals surface area contributed by atoms with Crippen LogP contribution in [0.15, 0.2) is 23.8 Å². The van der Waals surface area contributed by atoms with Gasteiger partial charge in [-0.05, 0) is 26.2 Å². The Morgan fingerprint density at radius 2 is 2.20 bits per heavy atom. The molecular weight excluding hydrogens is 260 g/mol. The second-order valence-electron chi connectivity index (χ2n) is 4.45. The summed E-state index contributed by atoms with van der Waals surface area (Å²) in [6.45, 7) is 3.39. The average Bonchev–Trinajstić information content (AvgIpc) is 2.79. The maximum Gasteiger partial charge on any atom is 0.330 e. The molecule has 110 valence electrons. The normalized spacial score (nSPS) is 16.1. The number of carbonyl (C=O) groups is 3. The molecule has 0 aromatic carbocycles. The van der Waals surface area contributed by atoms with E-state index in [2.05, 4.69) is 0 Å². The molecule has 0 radical (unpaired) electrons. The molecule has 0 aromatic rings. The summed E-state index contributed by atoms with van der Waals surface area (Å²) in [5.41, 5.74) is 0.574. The third kappa shape index (κ3) is 5.38. The molecule has 1 atom stereocenters. The fourth-order valence-corrected chi connectivity index (χ4v) is 2.02. The lowest BCUT2D eigenvalue weighted by molar-refractivity contribution is -0.145. The first kappa shape index (κ1) is 16.1. The molecule has 0 amide bonds. The highest BCUT2D eigenvalue weighted by atomic mass is 16.5. The van der Waals surface area contributed by atoms with Crippen molar-refractivity contribution in [3.8, 4) is 0 Å². The summed E-state index contributed by atoms with van der Waals surface area (Å²) in [7, 11) is 0. The van der Waals surface area contributed by atoms with Gasteiger partial charge in [-0.3, -0.25) is 9.59 Å². The lowest BCUT2D eigenvalue weighted by Crippen LogP contribution is -2.21. The molecule has 0 saturated carbocycles. The molecule has 0 bridgehead atoms. The number of ether oxygens (including phenoxy) is 2. The Morgan fingerprint density at radius 1 is 1.45 bits per heavy atom. The van der Waals surface area contributed by atoms with Crippen LogP contribution in [0.4, 0.5) is 0 Å². The SMILES string of the molecule is CCOC(=O)/C=C/CCC(OC(C)=O)C1=CCCC1=O. The summed E-state index contributed by atoms with van der Waals surface area (Å²) in [5, 5.41) is 0. The Bertz CT molecular complexity index is 434. The lowest BCUT2D eigenvalue weighted by atomic mass is 10.0. The first-order valence-corrected chi connectivity index (χ1v) is 6.78. The summed E-state index contributed by atoms with van der Waals surface area (Å²) in [4.78, 5) is 33.9. The van der Waals surface area contributed by atoms with Crippen LogP contribution in [0.5, 0.6) is 0 Å². The van der Waals surface area contributed by atoms with Gasteiger partial charge in [0.25, 0.3) is 0 Å². The van der Waals surface area contributed by atoms with E-state index in [9.17, 15) is 14.4 Å². The standard InChI is InChI=1S/C15H20O5/c1-3-19-15(18)10-5-4-9-14(20-11(2)16)12-7-6-8-13(12)17/h5,7,10,14H,3-4,6,8-9H2,1-2H3/b10-5+. The van der Waals surface area contributed by atoms with E-state index < -0.39 is 18.0 Å². The Kier molecular flexibility index (Phi) is 6.70. The van der Waals surface area contributed by atoms with E-state index >= 15 is 0 Å². The summed E-state index contributed by atoms with van der Waals surface area (Å²) in [6.07, 6.45) is 6.50. The smallest absolute Gasteiger partial charge is 0.330 e. The molecule has 0 aromatic heterocycles. The maximum absolute atomic E-state index is 11.7. The van der Waals surface area contributed by atoms with Crippen LogP contribution in [0.2, 0.25) is 0 Å². The molecule has 0 aliphatic heterocycles. The van der Waals surface area contributed by atoms with Gasteiger partial charge in [-0.1, -0.05) is 12.2 Å². The van der Waals surface area contributed by atoms with Crippen LogP contribution in [0.3, 0.4) is 0 Å². The van der Waals surface area contributed by atoms with Gasteiger partial charge in [0.2, 0.25) is 0 Å². The number of esters is 2. The van der Waals surface area contributed by atoms with Gasteiger partial charge < -0.3 is 9.47 Å². The molecule has 1 aliphatic rings. The number of hydrogen-bond donors (Lipinski definition) is 0. The van der Waals surface area contributed by atoms with E-state index in [1.54, 1.807) is 13.0 Å². The Hall–Kier alpha value is -1.91. The number of allylic oxidation sites excluding steroid dienone is 2. The minimum Gasteiger partial charge on any atom is -0.463 e. The van der Waals surface area contributed by atoms with E-state index in [0.29, 0.717) is 37.9 Å². The predicted octanol–water partition coefficient (Wildman–Crippen LogP) is 2.11. The van der Waals surface area contributed by atoms with Crippen molar-refractivity contribution < 1.29 is 23.9 Å². The van der Waals surface area contributed by atoms with Crippen LogP contribution < -0.4 is 0 Å². The molecule has 1 aliphatic carbocycles. The highest BCUT2D eigenvalue weighted by Crippen LogP contribution is 2.23. The summed E-state index contributed by atoms with van der Waals surface area (Å²) >= 11 is 0. The van der Waals surface area contributed by atoms with Crippen LogP contribution >= 0.6 is 0 Å². The topological polar surface area (TPSA) is 69.7 Å². The molecular formula is C15H20O5. The zero-order chi connectivity index (χ0) is 15.0. The van der Waals surface area contributed by atoms with Crippen LogP contribution in [-0.2, 0) is 23.9 Å². The molecule has 5 nitrogen and oxygen atoms in total. The molecule has 20 heavy (non-hydrogen) atoms. The van der Waals surface area contributed by atoms with Gasteiger partial charge in [0.1, 0.15) is 6.10 Å². The monoisotopic (exact) mass is 280 g/mol. The van der Waals surface area contributed by atoms with Gasteiger partial charge in [0.15, 0.2) is 5.78 Å². The fourth-order valence-electron chi connectivity index (χ4n) is 2.02. The van der Waals surface area contributed by atoms with Crippen LogP contribution in [0.25, 0.3) is 0 Å². The first-order chi connectivity index (χ1) is 9.54. The Morgan fingerprint density at radius 3 is 2.75 bits per heavy atom. The fraction of sp³-hybridized carbons (Fsp3) is 0.533. The van der Waals surface area contributed by atoms with Crippen molar-refractivity contribution in [3.63, 3.8) is 0 Å². The minimum absolute atomic E-state index is 0.0330. The van der Waals surface area contributed by atoms with Crippen molar-refractivity contribution in [2.45, 2.75) is 45.6 Å². The highest BCUT2D eigenvalue weighted by Gasteiger charge is 2.25. The lowest BCUT2D eigenvalue weighted by Gasteiger charge is -2.16. The van der Waals surface area contributed by atoms with E-state index in [4.69, 9.17) is 9.47 Å². The largest absolute Gasteiger partial charge is 0.463 e. The van der Waals surface area contributed by atoms with Gasteiger partial charge in [-0.25, -0.2) is 4.79 Å². The third-order valence-corrected chi connectivity index (χ3v) is 2.85. The Balaban J connectivity index is 2.51. The van der Waals surface area contributed by atoms with Crippen molar-refractivity contribution in [1.29, 1.82) is 0 Å². The third-order valence-electron chi connectivity index (χ3n) is 2.85. The molecule has 0 fully saturated rings. The van der Waals surface area contributed by atoms with Gasteiger partial charge in [0, 0.05) is 25.0 Å². The second kappa shape index (κ2) is 8.30. The quantitative estimate of drug-likeness (QED) is 0.527. The number of rotatable bonds is 7. The molecule has 0 saturated heterocycles. The van der Waals surface area contributed by atoms with E-state index in [-0.39, 0.29) is 5.78 Å². The molecule has 1 unspecified atom stereocenters. The van der Waals surface area contributed by atoms with Crippen molar-refractivity contribution in [3.05, 3.63) is 23.8 Å². The summed E-state index contributed by atoms with van der Waals surface area (Å²) < 4.78 is 9.93. The summed E-state index contributed by atoms with van der Waals surface area (Å²) in [5.74, 6) is -0.775. The van der Waals surface area contributed by atoms with E-state index in [1.165, 1.54) is 13.0 Å². The van der Waals surface area contributed by atoms with Gasteiger partial charge in [-0.2, -0.15) is 0 Å². The zero-order valence-corrected chi connectivity index (χ0v) is 11.9. The molecule has 5 heteroatoms. The predicted molar refractivity (Wildman–Crippen MR) is 72.9 cm³/mol. The van der Waals surface area contributed by atoms with Crippen LogP contribution in [-0.4, -0.2) is 30.4 Å². The number of carbonyl (C=O) groups excluding carboxylic acids is 3. The zero-order valence-electron chi connectivity index (χ0n) is 11.9. The summed E-state index contributed by atoms with van der Waals surface area (Å²) in [6, 6.07) is 0. The molecule has 1 rings (SSSR count). The van der Waals surface area contributed by atoms with Crippen molar-refractivity contribution in [2.24, 2.45) is 0 Å². The molecule has 0 N–H and O–H groups in total. The van der Waals surface area contributed by atoms with Gasteiger partial charge in [0.05, 0.1) is 6.61 Å². The van der Waals surface area contributed by atoms with Crippen molar-refractivity contribution in [1.82, 2.24) is 0 Å². The molecule has 0 heterocycles. The minimum atomic E-state index is -0.519. The average molecular weight is 280 g/mol. The van der Waals surface area contributed by atoms with Crippen molar-refractivity contribution >= 4 is 17.7 Å².